The molecule has 108 valence electrons. The highest BCUT2D eigenvalue weighted by molar-refractivity contribution is 7.99. The third-order valence-corrected chi connectivity index (χ3v) is 3.93. The minimum atomic E-state index is -0.842. The Morgan fingerprint density at radius 1 is 1.55 bits per heavy atom. The van der Waals surface area contributed by atoms with E-state index in [1.165, 1.54) is 11.8 Å². The van der Waals surface area contributed by atoms with Gasteiger partial charge in [0.2, 0.25) is 0 Å². The number of imidazole rings is 1. The average molecular weight is 294 g/mol. The zero-order valence-corrected chi connectivity index (χ0v) is 12.5. The highest BCUT2D eigenvalue weighted by atomic mass is 32.2. The molecule has 2 heterocycles. The van der Waals surface area contributed by atoms with Crippen LogP contribution in [0.5, 0.6) is 0 Å². The lowest BCUT2D eigenvalue weighted by atomic mass is 10.3. The minimum Gasteiger partial charge on any atom is -0.481 e. The number of carbonyl (C=O) groups is 1. The number of rotatable bonds is 7. The van der Waals surface area contributed by atoms with Crippen LogP contribution in [0.25, 0.3) is 11.2 Å². The fourth-order valence-corrected chi connectivity index (χ4v) is 2.86. The van der Waals surface area contributed by atoms with Gasteiger partial charge in [0, 0.05) is 13.6 Å². The van der Waals surface area contributed by atoms with E-state index in [2.05, 4.69) is 16.7 Å². The maximum absolute atomic E-state index is 10.7. The van der Waals surface area contributed by atoms with Gasteiger partial charge in [0.1, 0.15) is 5.52 Å². The monoisotopic (exact) mass is 294 g/mol. The second-order valence-corrected chi connectivity index (χ2v) is 5.34. The number of carboxylic acid groups (broad SMARTS) is 1. The van der Waals surface area contributed by atoms with Crippen molar-refractivity contribution in [3.63, 3.8) is 0 Å². The van der Waals surface area contributed by atoms with Crippen molar-refractivity contribution in [1.29, 1.82) is 0 Å². The number of aromatic nitrogens is 4. The predicted octanol–water partition coefficient (Wildman–Crippen LogP) is 2.08. The lowest BCUT2D eigenvalue weighted by Crippen LogP contribution is -2.06. The van der Waals surface area contributed by atoms with Crippen LogP contribution in [-0.4, -0.2) is 36.2 Å². The van der Waals surface area contributed by atoms with Crippen LogP contribution in [0.15, 0.2) is 17.8 Å². The molecule has 20 heavy (non-hydrogen) atoms. The van der Waals surface area contributed by atoms with Crippen LogP contribution < -0.4 is 0 Å². The van der Waals surface area contributed by atoms with Crippen LogP contribution in [0.3, 0.4) is 0 Å². The van der Waals surface area contributed by atoms with Gasteiger partial charge in [-0.3, -0.25) is 9.48 Å². The molecular weight excluding hydrogens is 276 g/mol. The smallest absolute Gasteiger partial charge is 0.313 e. The summed E-state index contributed by atoms with van der Waals surface area (Å²) in [7, 11) is 1.89. The first-order valence-corrected chi connectivity index (χ1v) is 7.44. The van der Waals surface area contributed by atoms with Gasteiger partial charge < -0.3 is 9.67 Å². The van der Waals surface area contributed by atoms with Crippen molar-refractivity contribution in [3.8, 4) is 0 Å². The van der Waals surface area contributed by atoms with Gasteiger partial charge in [-0.15, -0.1) is 6.58 Å². The van der Waals surface area contributed by atoms with Crippen molar-refractivity contribution in [2.75, 3.05) is 5.75 Å². The number of aryl methyl sites for hydroxylation is 3. The number of allylic oxidation sites excluding steroid dienone is 1. The minimum absolute atomic E-state index is 0.00625. The number of hydrogen-bond donors (Lipinski definition) is 1. The van der Waals surface area contributed by atoms with Gasteiger partial charge in [-0.1, -0.05) is 24.8 Å². The average Bonchev–Trinajstić information content (AvgIpc) is 2.92. The lowest BCUT2D eigenvalue weighted by Gasteiger charge is -2.06. The molecule has 2 aromatic rings. The molecule has 0 aliphatic heterocycles. The third-order valence-electron chi connectivity index (χ3n) is 2.97. The van der Waals surface area contributed by atoms with Gasteiger partial charge in [-0.25, -0.2) is 4.98 Å². The maximum atomic E-state index is 10.7. The van der Waals surface area contributed by atoms with Crippen molar-refractivity contribution in [3.05, 3.63) is 18.3 Å². The summed E-state index contributed by atoms with van der Waals surface area (Å²) in [6.07, 6.45) is 3.45. The zero-order valence-electron chi connectivity index (χ0n) is 11.7. The maximum Gasteiger partial charge on any atom is 0.313 e. The summed E-state index contributed by atoms with van der Waals surface area (Å²) in [5.74, 6) is -0.835. The number of hydrogen-bond acceptors (Lipinski definition) is 4. The number of aliphatic carboxylic acids is 1. The van der Waals surface area contributed by atoms with E-state index in [4.69, 9.17) is 5.11 Å². The first-order valence-electron chi connectivity index (χ1n) is 6.46. The number of fused-ring (bicyclic) bond motifs is 1. The van der Waals surface area contributed by atoms with Gasteiger partial charge in [0.05, 0.1) is 11.4 Å². The molecule has 0 fully saturated rings. The van der Waals surface area contributed by atoms with Crippen LogP contribution in [0.4, 0.5) is 0 Å². The Labute approximate surface area is 121 Å². The normalized spacial score (nSPS) is 11.1. The molecule has 0 saturated carbocycles. The fraction of sp³-hybridized carbons (Fsp3) is 0.462. The first kappa shape index (κ1) is 14.6. The van der Waals surface area contributed by atoms with E-state index in [9.17, 15) is 4.79 Å². The number of nitrogens with zero attached hydrogens (tertiary/aromatic N) is 4. The number of carboxylic acids is 1. The van der Waals surface area contributed by atoms with E-state index in [0.29, 0.717) is 0 Å². The molecule has 0 saturated heterocycles. The molecule has 2 rings (SSSR count). The molecule has 2 aromatic heterocycles. The summed E-state index contributed by atoms with van der Waals surface area (Å²) < 4.78 is 3.84. The van der Waals surface area contributed by atoms with Crippen molar-refractivity contribution < 1.29 is 9.90 Å². The molecule has 0 amide bonds. The summed E-state index contributed by atoms with van der Waals surface area (Å²) >= 11 is 1.24. The van der Waals surface area contributed by atoms with E-state index in [1.54, 1.807) is 0 Å². The SMILES string of the molecule is C=CCCn1c(SCC(=O)O)nc2c(CC)nn(C)c21. The second-order valence-electron chi connectivity index (χ2n) is 4.40. The third kappa shape index (κ3) is 2.72. The van der Waals surface area contributed by atoms with E-state index in [1.807, 2.05) is 29.3 Å². The molecule has 0 aromatic carbocycles. The first-order chi connectivity index (χ1) is 9.58. The van der Waals surface area contributed by atoms with Crippen molar-refractivity contribution in [2.45, 2.75) is 31.5 Å². The highest BCUT2D eigenvalue weighted by Crippen LogP contribution is 2.26. The highest BCUT2D eigenvalue weighted by Gasteiger charge is 2.18. The van der Waals surface area contributed by atoms with Crippen molar-refractivity contribution in [1.82, 2.24) is 19.3 Å². The standard InChI is InChI=1S/C13H18N4O2S/c1-4-6-7-17-12-11(9(5-2)15-16(12)3)14-13(17)20-8-10(18)19/h4H,1,5-8H2,2-3H3,(H,18,19). The Morgan fingerprint density at radius 2 is 2.30 bits per heavy atom. The molecule has 0 unspecified atom stereocenters. The van der Waals surface area contributed by atoms with Gasteiger partial charge in [0.15, 0.2) is 10.8 Å². The van der Waals surface area contributed by atoms with Crippen LogP contribution in [0.1, 0.15) is 19.0 Å². The van der Waals surface area contributed by atoms with Crippen LogP contribution in [0, 0.1) is 0 Å². The van der Waals surface area contributed by atoms with Gasteiger partial charge in [0.25, 0.3) is 0 Å². The Kier molecular flexibility index (Phi) is 4.49. The van der Waals surface area contributed by atoms with E-state index >= 15 is 0 Å². The molecule has 6 nitrogen and oxygen atoms in total. The van der Waals surface area contributed by atoms with Crippen molar-refractivity contribution >= 4 is 28.9 Å². The molecule has 7 heteroatoms. The van der Waals surface area contributed by atoms with Gasteiger partial charge in [-0.2, -0.15) is 5.10 Å². The second kappa shape index (κ2) is 6.13. The summed E-state index contributed by atoms with van der Waals surface area (Å²) in [5.41, 5.74) is 2.75. The molecule has 0 bridgehead atoms. The Bertz CT molecular complexity index is 644. The Morgan fingerprint density at radius 3 is 2.90 bits per heavy atom. The number of thioether (sulfide) groups is 1. The summed E-state index contributed by atoms with van der Waals surface area (Å²) in [5, 5.41) is 14.0. The largest absolute Gasteiger partial charge is 0.481 e. The molecule has 0 atom stereocenters. The predicted molar refractivity (Wildman–Crippen MR) is 79.1 cm³/mol. The van der Waals surface area contributed by atoms with Crippen molar-refractivity contribution in [2.24, 2.45) is 7.05 Å². The van der Waals surface area contributed by atoms with E-state index < -0.39 is 5.97 Å². The lowest BCUT2D eigenvalue weighted by molar-refractivity contribution is -0.133. The molecule has 0 spiro atoms. The Balaban J connectivity index is 2.48. The summed E-state index contributed by atoms with van der Waals surface area (Å²) in [6.45, 7) is 6.49. The molecule has 1 N–H and O–H groups in total. The van der Waals surface area contributed by atoms with Gasteiger partial charge in [-0.05, 0) is 12.8 Å². The zero-order chi connectivity index (χ0) is 14.7. The van der Waals surface area contributed by atoms with Gasteiger partial charge >= 0.3 is 5.97 Å². The summed E-state index contributed by atoms with van der Waals surface area (Å²) in [6, 6.07) is 0. The topological polar surface area (TPSA) is 72.9 Å². The van der Waals surface area contributed by atoms with E-state index in [0.717, 1.165) is 41.4 Å². The Hall–Kier alpha value is -1.76. The molecule has 0 radical (unpaired) electrons. The summed E-state index contributed by atoms with van der Waals surface area (Å²) in [4.78, 5) is 15.3. The fourth-order valence-electron chi connectivity index (χ4n) is 2.12. The molecular formula is C13H18N4O2S. The molecule has 0 aliphatic carbocycles. The molecule has 0 aliphatic rings. The van der Waals surface area contributed by atoms with E-state index in [-0.39, 0.29) is 5.75 Å². The van der Waals surface area contributed by atoms with Crippen LogP contribution >= 0.6 is 11.8 Å². The van der Waals surface area contributed by atoms with Crippen LogP contribution in [-0.2, 0) is 24.8 Å². The van der Waals surface area contributed by atoms with Crippen LogP contribution in [0.2, 0.25) is 0 Å². The quantitative estimate of drug-likeness (QED) is 0.625.